The van der Waals surface area contributed by atoms with Crippen molar-refractivity contribution in [3.63, 3.8) is 0 Å². The number of hydrogen-bond acceptors (Lipinski definition) is 7. The monoisotopic (exact) mass is 478 g/mol. The first-order valence-corrected chi connectivity index (χ1v) is 12.9. The van der Waals surface area contributed by atoms with Crippen LogP contribution in [-0.4, -0.2) is 55.7 Å². The SMILES string of the molecule is C=C/C=C(\C(=C/C)c1ccc(-c2cnc(N)nc2)c(F)c1)S(=O)(=O)N1CCS(=O)(=O)CC1. The molecule has 3 rings (SSSR count). The van der Waals surface area contributed by atoms with Crippen LogP contribution in [0.5, 0.6) is 0 Å². The molecule has 0 radical (unpaired) electrons. The summed E-state index contributed by atoms with van der Waals surface area (Å²) in [6.07, 6.45) is 7.01. The van der Waals surface area contributed by atoms with Gasteiger partial charge in [0.2, 0.25) is 16.0 Å². The normalized spacial score (nSPS) is 17.8. The van der Waals surface area contributed by atoms with Crippen molar-refractivity contribution in [1.29, 1.82) is 0 Å². The van der Waals surface area contributed by atoms with Crippen molar-refractivity contribution in [3.8, 4) is 11.1 Å². The van der Waals surface area contributed by atoms with Gasteiger partial charge >= 0.3 is 0 Å². The van der Waals surface area contributed by atoms with Crippen LogP contribution in [0.2, 0.25) is 0 Å². The molecule has 2 N–H and O–H groups in total. The molecule has 170 valence electrons. The standard InChI is InChI=1S/C21H23FN4O4S2/c1-3-5-20(32(29,30)26-8-10-31(27,28)11-9-26)17(4-2)15-6-7-18(19(22)12-15)16-13-24-21(23)25-14-16/h3-7,12-14H,1,8-11H2,2H3,(H2,23,24,25)/b17-4-,20-5+. The zero-order valence-corrected chi connectivity index (χ0v) is 19.0. The maximum absolute atomic E-state index is 14.9. The molecule has 0 amide bonds. The Bertz CT molecular complexity index is 1290. The highest BCUT2D eigenvalue weighted by atomic mass is 32.2. The number of benzene rings is 1. The lowest BCUT2D eigenvalue weighted by Gasteiger charge is -2.28. The molecule has 1 saturated heterocycles. The van der Waals surface area contributed by atoms with E-state index in [2.05, 4.69) is 16.5 Å². The molecule has 2 aromatic rings. The molecule has 1 fully saturated rings. The van der Waals surface area contributed by atoms with E-state index in [-0.39, 0.29) is 46.6 Å². The van der Waals surface area contributed by atoms with Gasteiger partial charge in [0.25, 0.3) is 0 Å². The minimum Gasteiger partial charge on any atom is -0.368 e. The molecule has 0 aliphatic carbocycles. The Morgan fingerprint density at radius 1 is 1.22 bits per heavy atom. The van der Waals surface area contributed by atoms with Crippen molar-refractivity contribution in [3.05, 3.63) is 71.7 Å². The molecule has 8 nitrogen and oxygen atoms in total. The van der Waals surface area contributed by atoms with Gasteiger partial charge in [-0.2, -0.15) is 4.31 Å². The minimum absolute atomic E-state index is 0.0666. The molecule has 0 spiro atoms. The Morgan fingerprint density at radius 2 is 1.84 bits per heavy atom. The van der Waals surface area contributed by atoms with Crippen molar-refractivity contribution >= 4 is 31.4 Å². The third-order valence-corrected chi connectivity index (χ3v) is 8.57. The third-order valence-electron chi connectivity index (χ3n) is 5.01. The van der Waals surface area contributed by atoms with Gasteiger partial charge in [-0.25, -0.2) is 31.2 Å². The number of halogens is 1. The van der Waals surface area contributed by atoms with E-state index in [1.807, 2.05) is 0 Å². The van der Waals surface area contributed by atoms with Gasteiger partial charge in [-0.1, -0.05) is 30.9 Å². The summed E-state index contributed by atoms with van der Waals surface area (Å²) in [5, 5.41) is 0. The Hall–Kier alpha value is -2.89. The van der Waals surface area contributed by atoms with Crippen LogP contribution in [0, 0.1) is 5.82 Å². The molecular weight excluding hydrogens is 455 g/mol. The van der Waals surface area contributed by atoms with Crippen molar-refractivity contribution < 1.29 is 21.2 Å². The Balaban J connectivity index is 1.99. The van der Waals surface area contributed by atoms with E-state index in [1.165, 1.54) is 36.7 Å². The Labute approximate surface area is 187 Å². The summed E-state index contributed by atoms with van der Waals surface area (Å²) in [4.78, 5) is 7.63. The molecule has 2 heterocycles. The summed E-state index contributed by atoms with van der Waals surface area (Å²) in [6.45, 7) is 4.95. The summed E-state index contributed by atoms with van der Waals surface area (Å²) in [5.74, 6) is -1.01. The number of rotatable bonds is 6. The van der Waals surface area contributed by atoms with Crippen LogP contribution in [0.4, 0.5) is 10.3 Å². The average molecular weight is 479 g/mol. The number of sulfonamides is 1. The summed E-state index contributed by atoms with van der Waals surface area (Å²) in [6, 6.07) is 4.33. The molecule has 0 saturated carbocycles. The number of aromatic nitrogens is 2. The van der Waals surface area contributed by atoms with E-state index in [9.17, 15) is 21.2 Å². The van der Waals surface area contributed by atoms with Gasteiger partial charge in [-0.3, -0.25) is 0 Å². The van der Waals surface area contributed by atoms with Gasteiger partial charge in [0.05, 0.1) is 16.4 Å². The van der Waals surface area contributed by atoms with Crippen LogP contribution in [0.25, 0.3) is 16.7 Å². The van der Waals surface area contributed by atoms with Crippen LogP contribution in [-0.2, 0) is 19.9 Å². The Morgan fingerprint density at radius 3 is 2.38 bits per heavy atom. The fraction of sp³-hybridized carbons (Fsp3) is 0.238. The first-order valence-electron chi connectivity index (χ1n) is 9.67. The predicted octanol–water partition coefficient (Wildman–Crippen LogP) is 2.40. The molecule has 0 unspecified atom stereocenters. The zero-order valence-electron chi connectivity index (χ0n) is 17.4. The summed E-state index contributed by atoms with van der Waals surface area (Å²) >= 11 is 0. The van der Waals surface area contributed by atoms with E-state index in [0.717, 1.165) is 4.31 Å². The molecule has 0 bridgehead atoms. The first kappa shape index (κ1) is 23.8. The van der Waals surface area contributed by atoms with E-state index in [1.54, 1.807) is 19.1 Å². The molecule has 0 atom stereocenters. The number of anilines is 1. The lowest BCUT2D eigenvalue weighted by molar-refractivity contribution is 0.436. The van der Waals surface area contributed by atoms with Gasteiger partial charge in [-0.05, 0) is 30.2 Å². The smallest absolute Gasteiger partial charge is 0.243 e. The quantitative estimate of drug-likeness (QED) is 0.632. The summed E-state index contributed by atoms with van der Waals surface area (Å²) < 4.78 is 66.1. The van der Waals surface area contributed by atoms with Gasteiger partial charge in [0.15, 0.2) is 9.84 Å². The van der Waals surface area contributed by atoms with Crippen LogP contribution < -0.4 is 5.73 Å². The third kappa shape index (κ3) is 4.95. The van der Waals surface area contributed by atoms with Crippen LogP contribution in [0.1, 0.15) is 12.5 Å². The van der Waals surface area contributed by atoms with Gasteiger partial charge in [-0.15, -0.1) is 0 Å². The average Bonchev–Trinajstić information content (AvgIpc) is 2.74. The second-order valence-corrected chi connectivity index (χ2v) is 11.3. The van der Waals surface area contributed by atoms with Crippen molar-refractivity contribution in [2.75, 3.05) is 30.3 Å². The van der Waals surface area contributed by atoms with Gasteiger partial charge < -0.3 is 5.73 Å². The first-order chi connectivity index (χ1) is 15.1. The second-order valence-electron chi connectivity index (χ2n) is 7.05. The van der Waals surface area contributed by atoms with Crippen LogP contribution in [0.3, 0.4) is 0 Å². The van der Waals surface area contributed by atoms with Crippen LogP contribution >= 0.6 is 0 Å². The minimum atomic E-state index is -4.04. The number of nitrogens with two attached hydrogens (primary N) is 1. The number of sulfone groups is 1. The maximum Gasteiger partial charge on any atom is 0.243 e. The Kier molecular flexibility index (Phi) is 6.91. The highest BCUT2D eigenvalue weighted by Crippen LogP contribution is 2.33. The highest BCUT2D eigenvalue weighted by molar-refractivity contribution is 7.94. The number of nitrogens with zero attached hydrogens (tertiary/aromatic N) is 3. The summed E-state index contributed by atoms with van der Waals surface area (Å²) in [7, 11) is -7.30. The van der Waals surface area contributed by atoms with Crippen LogP contribution in [0.15, 0.2) is 60.3 Å². The number of nitrogen functional groups attached to an aromatic ring is 1. The van der Waals surface area contributed by atoms with E-state index < -0.39 is 25.7 Å². The lowest BCUT2D eigenvalue weighted by atomic mass is 10.0. The molecule has 1 aromatic carbocycles. The molecule has 1 aromatic heterocycles. The fourth-order valence-corrected chi connectivity index (χ4v) is 6.50. The molecule has 1 aliphatic heterocycles. The fourth-order valence-electron chi connectivity index (χ4n) is 3.34. The molecule has 11 heteroatoms. The predicted molar refractivity (Wildman–Crippen MR) is 123 cm³/mol. The maximum atomic E-state index is 14.9. The van der Waals surface area contributed by atoms with E-state index in [4.69, 9.17) is 5.73 Å². The topological polar surface area (TPSA) is 123 Å². The number of hydrogen-bond donors (Lipinski definition) is 1. The number of allylic oxidation sites excluding steroid dienone is 4. The molecule has 32 heavy (non-hydrogen) atoms. The van der Waals surface area contributed by atoms with Crippen molar-refractivity contribution in [1.82, 2.24) is 14.3 Å². The summed E-state index contributed by atoms with van der Waals surface area (Å²) in [5.41, 5.74) is 6.75. The lowest BCUT2D eigenvalue weighted by Crippen LogP contribution is -2.44. The van der Waals surface area contributed by atoms with E-state index in [0.29, 0.717) is 11.1 Å². The van der Waals surface area contributed by atoms with Gasteiger partial charge in [0, 0.05) is 36.6 Å². The molecular formula is C21H23FN4O4S2. The highest BCUT2D eigenvalue weighted by Gasteiger charge is 2.34. The van der Waals surface area contributed by atoms with E-state index >= 15 is 0 Å². The second kappa shape index (κ2) is 9.31. The molecule has 1 aliphatic rings. The van der Waals surface area contributed by atoms with Gasteiger partial charge in [0.1, 0.15) is 5.82 Å². The van der Waals surface area contributed by atoms with Crippen molar-refractivity contribution in [2.24, 2.45) is 0 Å². The zero-order chi connectivity index (χ0) is 23.5. The largest absolute Gasteiger partial charge is 0.368 e. The van der Waals surface area contributed by atoms with Crippen molar-refractivity contribution in [2.45, 2.75) is 6.92 Å².